The maximum absolute atomic E-state index is 8.35. The summed E-state index contributed by atoms with van der Waals surface area (Å²) in [4.78, 5) is 11.1. The SMILES string of the molecule is C1CN(CCN2CCOCC2)CCO1.N#[C][Fe]([C]#N)([C]#N)([C]#N)[C]#N. The summed E-state index contributed by atoms with van der Waals surface area (Å²) in [6.07, 6.45) is 0. The Hall–Kier alpha value is -2.19. The zero-order valence-electron chi connectivity index (χ0n) is 13.9. The fourth-order valence-electron chi connectivity index (χ4n) is 2.11. The van der Waals surface area contributed by atoms with Gasteiger partial charge in [0.15, 0.2) is 0 Å². The zero-order valence-corrected chi connectivity index (χ0v) is 15.0. The van der Waals surface area contributed by atoms with E-state index in [2.05, 4.69) is 9.80 Å². The summed E-state index contributed by atoms with van der Waals surface area (Å²) in [5, 5.41) is 41.8. The summed E-state index contributed by atoms with van der Waals surface area (Å²) in [6.45, 7) is 10.4. The van der Waals surface area contributed by atoms with Crippen LogP contribution in [0.15, 0.2) is 0 Å². The molecule has 2 heterocycles. The topological polar surface area (TPSA) is 144 Å². The van der Waals surface area contributed by atoms with Gasteiger partial charge in [-0.1, -0.05) is 0 Å². The molecule has 0 radical (unpaired) electrons. The van der Waals surface area contributed by atoms with Crippen LogP contribution in [0.1, 0.15) is 0 Å². The molecule has 0 amide bonds. The van der Waals surface area contributed by atoms with E-state index in [4.69, 9.17) is 35.8 Å². The molecule has 0 bridgehead atoms. The first kappa shape index (κ1) is 20.9. The fourth-order valence-corrected chi connectivity index (χ4v) is 2.66. The second kappa shape index (κ2) is 9.95. The molecule has 0 aliphatic carbocycles. The summed E-state index contributed by atoms with van der Waals surface area (Å²) in [5.74, 6) is 0. The molecule has 2 fully saturated rings. The normalized spacial score (nSPS) is 19.9. The van der Waals surface area contributed by atoms with E-state index in [9.17, 15) is 0 Å². The van der Waals surface area contributed by atoms with E-state index >= 15 is 0 Å². The van der Waals surface area contributed by atoms with Crippen LogP contribution in [0.3, 0.4) is 0 Å². The van der Waals surface area contributed by atoms with Crippen LogP contribution in [0.2, 0.25) is 0 Å². The van der Waals surface area contributed by atoms with Crippen LogP contribution in [-0.4, -0.2) is 75.5 Å². The molecule has 10 heteroatoms. The van der Waals surface area contributed by atoms with Gasteiger partial charge in [-0.05, 0) is 0 Å². The van der Waals surface area contributed by atoms with Gasteiger partial charge in [0.25, 0.3) is 0 Å². The number of morpholine rings is 2. The molecule has 0 spiro atoms. The van der Waals surface area contributed by atoms with Gasteiger partial charge < -0.3 is 9.47 Å². The van der Waals surface area contributed by atoms with Gasteiger partial charge in [-0.25, -0.2) is 0 Å². The molecule has 0 aromatic heterocycles. The van der Waals surface area contributed by atoms with E-state index in [1.165, 1.54) is 37.9 Å². The van der Waals surface area contributed by atoms with Crippen molar-refractivity contribution in [3.8, 4) is 24.8 Å². The van der Waals surface area contributed by atoms with Gasteiger partial charge in [0.1, 0.15) is 0 Å². The Bertz CT molecular complexity index is 535. The molecule has 2 saturated heterocycles. The van der Waals surface area contributed by atoms with Crippen LogP contribution >= 0.6 is 0 Å². The van der Waals surface area contributed by atoms with Crippen molar-refractivity contribution < 1.29 is 21.3 Å². The third kappa shape index (κ3) is 5.68. The molecule has 25 heavy (non-hydrogen) atoms. The summed E-state index contributed by atoms with van der Waals surface area (Å²) in [7, 11) is 0. The standard InChI is InChI=1S/C10H20N2O2.5CN.Fe/c1(11-3-7-13-8-4-11)2-12-5-9-14-10-6-12;5*1-2;/h1-10H2;;;;;;. The Kier molecular flexibility index (Phi) is 8.30. The minimum atomic E-state index is -4.78. The molecule has 0 aromatic carbocycles. The second-order valence-electron chi connectivity index (χ2n) is 5.19. The molecular formula is C15H20FeN7O2. The first-order chi connectivity index (χ1) is 12.1. The van der Waals surface area contributed by atoms with Crippen molar-refractivity contribution in [3.05, 3.63) is 0 Å². The van der Waals surface area contributed by atoms with E-state index in [-0.39, 0.29) is 0 Å². The Morgan fingerprint density at radius 2 is 0.880 bits per heavy atom. The average molecular weight is 386 g/mol. The molecule has 2 rings (SSSR count). The van der Waals surface area contributed by atoms with E-state index in [1.54, 1.807) is 0 Å². The summed E-state index contributed by atoms with van der Waals surface area (Å²) in [5.41, 5.74) is 0. The molecule has 0 unspecified atom stereocenters. The van der Waals surface area contributed by atoms with E-state index in [0.29, 0.717) is 0 Å². The van der Waals surface area contributed by atoms with Gasteiger partial charge in [-0.2, -0.15) is 0 Å². The molecule has 0 saturated carbocycles. The maximum atomic E-state index is 8.35. The Labute approximate surface area is 148 Å². The van der Waals surface area contributed by atoms with Gasteiger partial charge in [-0.3, -0.25) is 9.80 Å². The Morgan fingerprint density at radius 1 is 0.600 bits per heavy atom. The Morgan fingerprint density at radius 3 is 1.08 bits per heavy atom. The molecule has 0 atom stereocenters. The second-order valence-corrected chi connectivity index (χ2v) is 9.18. The van der Waals surface area contributed by atoms with E-state index in [1.807, 2.05) is 0 Å². The number of hydrogen-bond acceptors (Lipinski definition) is 9. The predicted octanol–water partition coefficient (Wildman–Crippen LogP) is -0.268. The molecule has 2 aliphatic heterocycles. The van der Waals surface area contributed by atoms with Crippen LogP contribution in [0.25, 0.3) is 0 Å². The van der Waals surface area contributed by atoms with Gasteiger partial charge in [0, 0.05) is 39.3 Å². The number of nitriles is 5. The molecular weight excluding hydrogens is 366 g/mol. The van der Waals surface area contributed by atoms with E-state index < -0.39 is 11.8 Å². The number of rotatable bonds is 3. The quantitative estimate of drug-likeness (QED) is 0.599. The molecule has 0 aromatic rings. The van der Waals surface area contributed by atoms with Crippen molar-refractivity contribution in [2.24, 2.45) is 0 Å². The van der Waals surface area contributed by atoms with Gasteiger partial charge in [-0.15, -0.1) is 0 Å². The van der Waals surface area contributed by atoms with Crippen molar-refractivity contribution in [1.29, 1.82) is 26.3 Å². The summed E-state index contributed by atoms with van der Waals surface area (Å²) < 4.78 is 10.6. The Balaban J connectivity index is 0.000000260. The molecule has 9 nitrogen and oxygen atoms in total. The van der Waals surface area contributed by atoms with Crippen LogP contribution in [0.4, 0.5) is 0 Å². The van der Waals surface area contributed by atoms with Gasteiger partial charge in [0.2, 0.25) is 0 Å². The number of nitrogens with zero attached hydrogens (tertiary/aromatic N) is 7. The van der Waals surface area contributed by atoms with Crippen molar-refractivity contribution >= 4 is 0 Å². The van der Waals surface area contributed by atoms with Crippen molar-refractivity contribution in [2.45, 2.75) is 0 Å². The van der Waals surface area contributed by atoms with E-state index in [0.717, 1.165) is 52.6 Å². The predicted molar refractivity (Wildman–Crippen MR) is 82.6 cm³/mol. The molecule has 0 N–H and O–H groups in total. The van der Waals surface area contributed by atoms with Crippen LogP contribution in [0, 0.1) is 51.1 Å². The zero-order chi connectivity index (χ0) is 18.6. The van der Waals surface area contributed by atoms with Crippen molar-refractivity contribution in [3.63, 3.8) is 0 Å². The number of hydrogen-bond donors (Lipinski definition) is 0. The molecule has 135 valence electrons. The van der Waals surface area contributed by atoms with Crippen molar-refractivity contribution in [1.82, 2.24) is 9.80 Å². The average Bonchev–Trinajstić information content (AvgIpc) is 2.72. The fraction of sp³-hybridized carbons (Fsp3) is 0.667. The first-order valence-corrected chi connectivity index (χ1v) is 10.3. The number of ether oxygens (including phenoxy) is 2. The monoisotopic (exact) mass is 386 g/mol. The minimum absolute atomic E-state index is 0.906. The molecule has 2 aliphatic rings. The van der Waals surface area contributed by atoms with Gasteiger partial charge >= 0.3 is 62.9 Å². The van der Waals surface area contributed by atoms with Crippen molar-refractivity contribution in [2.75, 3.05) is 65.7 Å². The van der Waals surface area contributed by atoms with Gasteiger partial charge in [0.05, 0.1) is 26.4 Å². The first-order valence-electron chi connectivity index (χ1n) is 7.55. The summed E-state index contributed by atoms with van der Waals surface area (Å²) in [6, 6.07) is 0. The summed E-state index contributed by atoms with van der Waals surface area (Å²) >= 11 is -4.78. The van der Waals surface area contributed by atoms with Crippen LogP contribution in [-0.2, 0) is 21.3 Å². The third-order valence-corrected chi connectivity index (χ3v) is 6.20. The van der Waals surface area contributed by atoms with Crippen LogP contribution in [0.5, 0.6) is 0 Å². The van der Waals surface area contributed by atoms with Crippen LogP contribution < -0.4 is 0 Å². The third-order valence-electron chi connectivity index (χ3n) is 3.73.